The molecule has 2 heterocycles. The summed E-state index contributed by atoms with van der Waals surface area (Å²) in [6, 6.07) is 23.0. The van der Waals surface area contributed by atoms with Crippen LogP contribution in [0.15, 0.2) is 91.3 Å². The Bertz CT molecular complexity index is 1530. The van der Waals surface area contributed by atoms with E-state index >= 15 is 0 Å². The lowest BCUT2D eigenvalue weighted by Gasteiger charge is -2.11. The van der Waals surface area contributed by atoms with E-state index in [1.807, 2.05) is 89.9 Å². The molecule has 174 valence electrons. The summed E-state index contributed by atoms with van der Waals surface area (Å²) in [5, 5.41) is 24.4. The number of hydrogen-bond acceptors (Lipinski definition) is 4. The van der Waals surface area contributed by atoms with Gasteiger partial charge in [0.15, 0.2) is 0 Å². The van der Waals surface area contributed by atoms with E-state index in [-0.39, 0.29) is 6.61 Å². The van der Waals surface area contributed by atoms with Gasteiger partial charge in [-0.15, -0.1) is 0 Å². The van der Waals surface area contributed by atoms with Gasteiger partial charge in [-0.2, -0.15) is 5.10 Å². The van der Waals surface area contributed by atoms with E-state index in [0.29, 0.717) is 18.0 Å². The number of H-pyrrole nitrogens is 1. The second-order valence-corrected chi connectivity index (χ2v) is 8.08. The molecule has 0 aliphatic rings. The van der Waals surface area contributed by atoms with Crippen molar-refractivity contribution in [2.45, 2.75) is 13.2 Å². The van der Waals surface area contributed by atoms with Crippen LogP contribution in [0.25, 0.3) is 28.2 Å². The van der Waals surface area contributed by atoms with Crippen LogP contribution < -0.4 is 4.74 Å². The molecule has 0 aliphatic heterocycles. The van der Waals surface area contributed by atoms with Crippen LogP contribution >= 0.6 is 0 Å². The highest BCUT2D eigenvalue weighted by atomic mass is 16.5. The van der Waals surface area contributed by atoms with Gasteiger partial charge in [-0.1, -0.05) is 30.3 Å². The molecule has 0 atom stereocenters. The number of nitrogens with zero attached hydrogens (tertiary/aromatic N) is 2. The first-order chi connectivity index (χ1) is 17.1. The number of aliphatic hydroxyl groups is 1. The van der Waals surface area contributed by atoms with E-state index in [1.165, 1.54) is 0 Å². The summed E-state index contributed by atoms with van der Waals surface area (Å²) in [5.74, 6) is 0.287. The van der Waals surface area contributed by atoms with Crippen molar-refractivity contribution in [3.8, 4) is 22.8 Å². The zero-order valence-electron chi connectivity index (χ0n) is 18.8. The van der Waals surface area contributed by atoms with Crippen molar-refractivity contribution < 1.29 is 19.7 Å². The van der Waals surface area contributed by atoms with E-state index in [2.05, 4.69) is 4.98 Å². The molecule has 0 aliphatic carbocycles. The molecular weight excluding hydrogens is 442 g/mol. The first-order valence-electron chi connectivity index (χ1n) is 11.1. The van der Waals surface area contributed by atoms with Crippen molar-refractivity contribution in [3.63, 3.8) is 0 Å². The van der Waals surface area contributed by atoms with Gasteiger partial charge in [-0.3, -0.25) is 4.68 Å². The Morgan fingerprint density at radius 1 is 1.06 bits per heavy atom. The minimum atomic E-state index is -0.976. The highest BCUT2D eigenvalue weighted by Crippen LogP contribution is 2.32. The van der Waals surface area contributed by atoms with Crippen LogP contribution in [0, 0.1) is 0 Å². The summed E-state index contributed by atoms with van der Waals surface area (Å²) in [7, 11) is 0. The first kappa shape index (κ1) is 22.2. The van der Waals surface area contributed by atoms with Crippen molar-refractivity contribution in [1.82, 2.24) is 14.8 Å². The third kappa shape index (κ3) is 5.00. The second-order valence-electron chi connectivity index (χ2n) is 8.08. The number of rotatable bonds is 8. The molecule has 0 bridgehead atoms. The maximum atomic E-state index is 10.8. The minimum Gasteiger partial charge on any atom is -0.478 e. The van der Waals surface area contributed by atoms with E-state index in [4.69, 9.17) is 14.9 Å². The van der Waals surface area contributed by atoms with Gasteiger partial charge in [-0.05, 0) is 59.7 Å². The van der Waals surface area contributed by atoms with Gasteiger partial charge < -0.3 is 19.9 Å². The average Bonchev–Trinajstić information content (AvgIpc) is 3.53. The van der Waals surface area contributed by atoms with Gasteiger partial charge in [-0.25, -0.2) is 4.79 Å². The number of aromatic amines is 1. The average molecular weight is 466 g/mol. The van der Waals surface area contributed by atoms with Crippen LogP contribution in [0.1, 0.15) is 16.7 Å². The Morgan fingerprint density at radius 2 is 1.94 bits per heavy atom. The lowest BCUT2D eigenvalue weighted by atomic mass is 10.1. The maximum Gasteiger partial charge on any atom is 0.328 e. The number of fused-ring (bicyclic) bond motifs is 1. The van der Waals surface area contributed by atoms with Crippen LogP contribution in [0.5, 0.6) is 11.5 Å². The van der Waals surface area contributed by atoms with Crippen LogP contribution in [-0.2, 0) is 17.9 Å². The summed E-state index contributed by atoms with van der Waals surface area (Å²) < 4.78 is 7.98. The van der Waals surface area contributed by atoms with E-state index in [0.717, 1.165) is 44.9 Å². The molecular formula is C28H23N3O4. The molecule has 2 aromatic heterocycles. The molecule has 5 rings (SSSR count). The van der Waals surface area contributed by atoms with Gasteiger partial charge in [0, 0.05) is 40.5 Å². The SMILES string of the molecule is O=C(O)/C=C/c1cccc(Cn2ccc(-c3cccc(Oc4ccc5[nH]ccc5c4CO)c3)n2)c1. The van der Waals surface area contributed by atoms with Gasteiger partial charge in [0.25, 0.3) is 0 Å². The Kier molecular flexibility index (Phi) is 6.15. The number of carboxylic acids is 1. The normalized spacial score (nSPS) is 11.3. The molecule has 0 saturated heterocycles. The van der Waals surface area contributed by atoms with Crippen molar-refractivity contribution in [3.05, 3.63) is 108 Å². The Labute approximate surface area is 201 Å². The highest BCUT2D eigenvalue weighted by Gasteiger charge is 2.11. The zero-order valence-corrected chi connectivity index (χ0v) is 18.8. The predicted octanol–water partition coefficient (Wildman–Crippen LogP) is 5.46. The Balaban J connectivity index is 1.34. The van der Waals surface area contributed by atoms with Crippen LogP contribution in [0.3, 0.4) is 0 Å². The molecule has 0 spiro atoms. The third-order valence-corrected chi connectivity index (χ3v) is 5.67. The van der Waals surface area contributed by atoms with Crippen LogP contribution in [-0.4, -0.2) is 30.9 Å². The summed E-state index contributed by atoms with van der Waals surface area (Å²) in [6.07, 6.45) is 6.45. The summed E-state index contributed by atoms with van der Waals surface area (Å²) >= 11 is 0. The fourth-order valence-electron chi connectivity index (χ4n) is 4.03. The number of aliphatic carboxylic acids is 1. The van der Waals surface area contributed by atoms with Gasteiger partial charge in [0.05, 0.1) is 18.8 Å². The fourth-order valence-corrected chi connectivity index (χ4v) is 4.03. The maximum absolute atomic E-state index is 10.8. The summed E-state index contributed by atoms with van der Waals surface area (Å²) in [4.78, 5) is 13.9. The monoisotopic (exact) mass is 465 g/mol. The molecule has 0 saturated carbocycles. The number of aliphatic hydroxyl groups excluding tert-OH is 1. The van der Waals surface area contributed by atoms with Crippen LogP contribution in [0.2, 0.25) is 0 Å². The summed E-state index contributed by atoms with van der Waals surface area (Å²) in [6.45, 7) is 0.434. The minimum absolute atomic E-state index is 0.123. The lowest BCUT2D eigenvalue weighted by Crippen LogP contribution is -2.00. The quantitative estimate of drug-likeness (QED) is 0.264. The zero-order chi connectivity index (χ0) is 24.2. The van der Waals surface area contributed by atoms with Crippen molar-refractivity contribution >= 4 is 22.9 Å². The standard InChI is InChI=1S/C28H23N3O4/c32-18-24-23-11-13-29-26(23)8-9-27(24)35-22-6-2-5-21(16-22)25-12-14-31(30-25)17-20-4-1-3-19(15-20)7-10-28(33)34/h1-16,29,32H,17-18H2,(H,33,34)/b10-7+. The first-order valence-corrected chi connectivity index (χ1v) is 11.1. The largest absolute Gasteiger partial charge is 0.478 e. The molecule has 7 nitrogen and oxygen atoms in total. The third-order valence-electron chi connectivity index (χ3n) is 5.67. The molecule has 3 N–H and O–H groups in total. The summed E-state index contributed by atoms with van der Waals surface area (Å²) in [5.41, 5.74) is 5.24. The Morgan fingerprint density at radius 3 is 2.80 bits per heavy atom. The van der Waals surface area contributed by atoms with Crippen molar-refractivity contribution in [2.24, 2.45) is 0 Å². The molecule has 5 aromatic rings. The van der Waals surface area contributed by atoms with E-state index in [9.17, 15) is 9.90 Å². The van der Waals surface area contributed by atoms with Gasteiger partial charge in [0.2, 0.25) is 0 Å². The molecule has 0 unspecified atom stereocenters. The number of hydrogen-bond donors (Lipinski definition) is 3. The number of carboxylic acid groups (broad SMARTS) is 1. The lowest BCUT2D eigenvalue weighted by molar-refractivity contribution is -0.131. The topological polar surface area (TPSA) is 100 Å². The van der Waals surface area contributed by atoms with Crippen molar-refractivity contribution in [1.29, 1.82) is 0 Å². The molecule has 0 amide bonds. The number of nitrogens with one attached hydrogen (secondary N) is 1. The van der Waals surface area contributed by atoms with Crippen LogP contribution in [0.4, 0.5) is 0 Å². The second kappa shape index (κ2) is 9.70. The van der Waals surface area contributed by atoms with E-state index in [1.54, 1.807) is 6.08 Å². The Hall–Kier alpha value is -4.62. The van der Waals surface area contributed by atoms with Gasteiger partial charge >= 0.3 is 5.97 Å². The van der Waals surface area contributed by atoms with Gasteiger partial charge in [0.1, 0.15) is 11.5 Å². The molecule has 0 radical (unpaired) electrons. The molecule has 3 aromatic carbocycles. The van der Waals surface area contributed by atoms with E-state index < -0.39 is 5.97 Å². The number of aromatic nitrogens is 3. The highest BCUT2D eigenvalue weighted by molar-refractivity contribution is 5.86. The number of carbonyl (C=O) groups is 1. The molecule has 0 fully saturated rings. The molecule has 7 heteroatoms. The predicted molar refractivity (Wildman–Crippen MR) is 134 cm³/mol. The molecule has 35 heavy (non-hydrogen) atoms. The fraction of sp³-hybridized carbons (Fsp3) is 0.0714. The smallest absolute Gasteiger partial charge is 0.328 e. The van der Waals surface area contributed by atoms with Crippen molar-refractivity contribution in [2.75, 3.05) is 0 Å². The number of ether oxygens (including phenoxy) is 1. The number of benzene rings is 3.